The predicted molar refractivity (Wildman–Crippen MR) is 139 cm³/mol. The number of carbonyl (C=O) groups is 2. The average Bonchev–Trinajstić information content (AvgIpc) is 2.88. The van der Waals surface area contributed by atoms with Crippen molar-refractivity contribution in [1.82, 2.24) is 5.43 Å². The Bertz CT molecular complexity index is 941. The van der Waals surface area contributed by atoms with Crippen molar-refractivity contribution < 1.29 is 23.8 Å². The van der Waals surface area contributed by atoms with E-state index in [1.54, 1.807) is 42.5 Å². The molecule has 1 amide bonds. The first kappa shape index (κ1) is 27.9. The second-order valence-corrected chi connectivity index (χ2v) is 8.34. The summed E-state index contributed by atoms with van der Waals surface area (Å²) in [6.07, 6.45) is 11.1. The van der Waals surface area contributed by atoms with Gasteiger partial charge in [0.25, 0.3) is 0 Å². The lowest BCUT2D eigenvalue weighted by atomic mass is 10.1. The summed E-state index contributed by atoms with van der Waals surface area (Å²) in [5, 5.41) is 4.02. The van der Waals surface area contributed by atoms with Gasteiger partial charge in [0.2, 0.25) is 5.91 Å². The molecule has 0 radical (unpaired) electrons. The maximum Gasteiger partial charge on any atom is 0.343 e. The Hall–Kier alpha value is -3.35. The lowest BCUT2D eigenvalue weighted by Crippen LogP contribution is -2.16. The van der Waals surface area contributed by atoms with E-state index in [0.717, 1.165) is 19.3 Å². The maximum atomic E-state index is 12.5. The van der Waals surface area contributed by atoms with Gasteiger partial charge >= 0.3 is 5.97 Å². The first-order chi connectivity index (χ1) is 17.1. The van der Waals surface area contributed by atoms with Crippen LogP contribution >= 0.6 is 0 Å². The van der Waals surface area contributed by atoms with E-state index in [0.29, 0.717) is 41.4 Å². The number of nitrogens with zero attached hydrogens (tertiary/aromatic N) is 1. The summed E-state index contributed by atoms with van der Waals surface area (Å²) in [5.41, 5.74) is 3.67. The summed E-state index contributed by atoms with van der Waals surface area (Å²) in [6.45, 7) is 4.86. The fourth-order valence-corrected chi connectivity index (χ4v) is 3.39. The van der Waals surface area contributed by atoms with Crippen LogP contribution in [0.3, 0.4) is 0 Å². The molecule has 7 nitrogen and oxygen atoms in total. The molecule has 2 aromatic carbocycles. The van der Waals surface area contributed by atoms with Crippen molar-refractivity contribution in [2.75, 3.05) is 13.7 Å². The minimum Gasteiger partial charge on any atom is -0.494 e. The minimum absolute atomic E-state index is 0.0987. The van der Waals surface area contributed by atoms with E-state index in [1.807, 2.05) is 6.92 Å². The largest absolute Gasteiger partial charge is 0.494 e. The molecular weight excluding hydrogens is 444 g/mol. The van der Waals surface area contributed by atoms with Gasteiger partial charge in [0.05, 0.1) is 25.5 Å². The highest BCUT2D eigenvalue weighted by Crippen LogP contribution is 2.28. The number of nitrogens with one attached hydrogen (secondary N) is 1. The van der Waals surface area contributed by atoms with Crippen molar-refractivity contribution in [3.05, 3.63) is 53.6 Å². The Morgan fingerprint density at radius 2 is 1.60 bits per heavy atom. The number of hydrazone groups is 1. The van der Waals surface area contributed by atoms with E-state index < -0.39 is 5.97 Å². The number of ether oxygens (including phenoxy) is 3. The van der Waals surface area contributed by atoms with E-state index in [4.69, 9.17) is 14.2 Å². The molecule has 0 aliphatic rings. The lowest BCUT2D eigenvalue weighted by molar-refractivity contribution is -0.121. The number of hydrogen-bond donors (Lipinski definition) is 1. The minimum atomic E-state index is -0.496. The average molecular weight is 483 g/mol. The van der Waals surface area contributed by atoms with Gasteiger partial charge in [-0.05, 0) is 60.9 Å². The molecular formula is C28H38N2O5. The predicted octanol–water partition coefficient (Wildman–Crippen LogP) is 6.29. The van der Waals surface area contributed by atoms with Crippen LogP contribution in [0.15, 0.2) is 47.6 Å². The molecule has 0 spiro atoms. The number of amides is 1. The van der Waals surface area contributed by atoms with Crippen LogP contribution in [0, 0.1) is 0 Å². The van der Waals surface area contributed by atoms with Crippen molar-refractivity contribution in [2.45, 2.75) is 71.6 Å². The fraction of sp³-hybridized carbons (Fsp3) is 0.464. The maximum absolute atomic E-state index is 12.5. The highest BCUT2D eigenvalue weighted by atomic mass is 16.6. The Balaban J connectivity index is 1.82. The highest BCUT2D eigenvalue weighted by Gasteiger charge is 2.13. The molecule has 0 saturated heterocycles. The van der Waals surface area contributed by atoms with Crippen molar-refractivity contribution in [2.24, 2.45) is 5.10 Å². The van der Waals surface area contributed by atoms with Gasteiger partial charge in [-0.25, -0.2) is 10.2 Å². The summed E-state index contributed by atoms with van der Waals surface area (Å²) in [6, 6.07) is 11.9. The first-order valence-electron chi connectivity index (χ1n) is 12.5. The van der Waals surface area contributed by atoms with Crippen molar-refractivity contribution in [1.29, 1.82) is 0 Å². The van der Waals surface area contributed by atoms with E-state index >= 15 is 0 Å². The summed E-state index contributed by atoms with van der Waals surface area (Å²) in [4.78, 5) is 24.5. The molecule has 0 fully saturated rings. The third kappa shape index (κ3) is 10.6. The number of rotatable bonds is 16. The number of esters is 1. The van der Waals surface area contributed by atoms with Crippen molar-refractivity contribution in [3.8, 4) is 17.2 Å². The van der Waals surface area contributed by atoms with Gasteiger partial charge in [0.15, 0.2) is 11.5 Å². The molecule has 0 aromatic heterocycles. The third-order valence-electron chi connectivity index (χ3n) is 5.36. The molecule has 35 heavy (non-hydrogen) atoms. The smallest absolute Gasteiger partial charge is 0.343 e. The summed E-state index contributed by atoms with van der Waals surface area (Å²) in [7, 11) is 1.50. The number of carbonyl (C=O) groups excluding carboxylic acids is 2. The first-order valence-corrected chi connectivity index (χ1v) is 12.5. The van der Waals surface area contributed by atoms with Crippen LogP contribution in [0.4, 0.5) is 0 Å². The standard InChI is InChI=1S/C28H38N2O5/c1-4-6-7-8-9-10-11-12-27(31)30-29-21-22-13-18-25(26(20-22)33-3)35-28(32)23-14-16-24(17-15-23)34-19-5-2/h13-18,20-21H,4-12,19H2,1-3H3,(H,30,31)/b29-21-. The monoisotopic (exact) mass is 482 g/mol. The number of unbranched alkanes of at least 4 members (excludes halogenated alkanes) is 6. The molecule has 2 aromatic rings. The Labute approximate surface area is 208 Å². The van der Waals surface area contributed by atoms with Crippen LogP contribution in [0.25, 0.3) is 0 Å². The normalized spacial score (nSPS) is 10.8. The topological polar surface area (TPSA) is 86.2 Å². The third-order valence-corrected chi connectivity index (χ3v) is 5.36. The molecule has 0 bridgehead atoms. The van der Waals surface area contributed by atoms with Gasteiger partial charge in [-0.3, -0.25) is 4.79 Å². The van der Waals surface area contributed by atoms with Gasteiger partial charge in [0, 0.05) is 6.42 Å². The van der Waals surface area contributed by atoms with Crippen LogP contribution in [0.1, 0.15) is 87.6 Å². The van der Waals surface area contributed by atoms with Gasteiger partial charge < -0.3 is 14.2 Å². The van der Waals surface area contributed by atoms with Gasteiger partial charge in [0.1, 0.15) is 5.75 Å². The SMILES string of the molecule is CCCCCCCCCC(=O)N/N=C\c1ccc(OC(=O)c2ccc(OCCC)cc2)c(OC)c1. The molecule has 0 unspecified atom stereocenters. The van der Waals surface area contributed by atoms with Gasteiger partial charge in [-0.2, -0.15) is 5.10 Å². The number of benzene rings is 2. The van der Waals surface area contributed by atoms with Gasteiger partial charge in [-0.15, -0.1) is 0 Å². The Kier molecular flexibility index (Phi) is 13.0. The second-order valence-electron chi connectivity index (χ2n) is 8.34. The quantitative estimate of drug-likeness (QED) is 0.0998. The zero-order valence-corrected chi connectivity index (χ0v) is 21.2. The molecule has 0 heterocycles. The molecule has 7 heteroatoms. The van der Waals surface area contributed by atoms with E-state index in [-0.39, 0.29) is 5.91 Å². The van der Waals surface area contributed by atoms with E-state index in [9.17, 15) is 9.59 Å². The molecule has 0 aliphatic carbocycles. The van der Waals surface area contributed by atoms with E-state index in [1.165, 1.54) is 45.4 Å². The Morgan fingerprint density at radius 1 is 0.886 bits per heavy atom. The second kappa shape index (κ2) is 16.3. The van der Waals surface area contributed by atoms with Crippen LogP contribution < -0.4 is 19.6 Å². The van der Waals surface area contributed by atoms with Crippen LogP contribution in [-0.4, -0.2) is 31.8 Å². The molecule has 2 rings (SSSR count). The molecule has 190 valence electrons. The van der Waals surface area contributed by atoms with Crippen LogP contribution in [0.5, 0.6) is 17.2 Å². The number of methoxy groups -OCH3 is 1. The van der Waals surface area contributed by atoms with Crippen molar-refractivity contribution >= 4 is 18.1 Å². The fourth-order valence-electron chi connectivity index (χ4n) is 3.39. The highest BCUT2D eigenvalue weighted by molar-refractivity contribution is 5.91. The molecule has 0 aliphatic heterocycles. The van der Waals surface area contributed by atoms with Crippen LogP contribution in [0.2, 0.25) is 0 Å². The summed E-state index contributed by atoms with van der Waals surface area (Å²) >= 11 is 0. The molecule has 0 saturated carbocycles. The van der Waals surface area contributed by atoms with Crippen LogP contribution in [-0.2, 0) is 4.79 Å². The zero-order chi connectivity index (χ0) is 25.3. The van der Waals surface area contributed by atoms with Gasteiger partial charge in [-0.1, -0.05) is 52.4 Å². The zero-order valence-electron chi connectivity index (χ0n) is 21.2. The lowest BCUT2D eigenvalue weighted by Gasteiger charge is -2.10. The Morgan fingerprint density at radius 3 is 2.29 bits per heavy atom. The van der Waals surface area contributed by atoms with Crippen molar-refractivity contribution in [3.63, 3.8) is 0 Å². The summed E-state index contributed by atoms with van der Waals surface area (Å²) in [5.74, 6) is 0.797. The summed E-state index contributed by atoms with van der Waals surface area (Å²) < 4.78 is 16.4. The van der Waals surface area contributed by atoms with E-state index in [2.05, 4.69) is 17.5 Å². The molecule has 1 N–H and O–H groups in total. The number of hydrogen-bond acceptors (Lipinski definition) is 6. The molecule has 0 atom stereocenters.